The minimum atomic E-state index is -0.254. The van der Waals surface area contributed by atoms with Crippen LogP contribution in [-0.4, -0.2) is 17.6 Å². The van der Waals surface area contributed by atoms with E-state index in [0.717, 1.165) is 28.1 Å². The lowest BCUT2D eigenvalue weighted by Gasteiger charge is -2.19. The number of carbonyl (C=O) groups is 1. The fraction of sp³-hybridized carbons (Fsp3) is 0.129. The van der Waals surface area contributed by atoms with Gasteiger partial charge in [-0.25, -0.2) is 9.80 Å². The van der Waals surface area contributed by atoms with Crippen molar-refractivity contribution in [3.05, 3.63) is 125 Å². The zero-order chi connectivity index (χ0) is 25.8. The van der Waals surface area contributed by atoms with Crippen molar-refractivity contribution in [1.29, 1.82) is 0 Å². The number of amides is 2. The summed E-state index contributed by atoms with van der Waals surface area (Å²) in [7, 11) is 0. The molecule has 0 fully saturated rings. The molecule has 2 amide bonds. The molecule has 1 heterocycles. The normalized spacial score (nSPS) is 13.0. The highest BCUT2D eigenvalue weighted by molar-refractivity contribution is 6.30. The number of hydrogen-bond acceptors (Lipinski definition) is 3. The van der Waals surface area contributed by atoms with E-state index in [1.165, 1.54) is 5.56 Å². The molecule has 0 saturated heterocycles. The van der Waals surface area contributed by atoms with Gasteiger partial charge in [0.15, 0.2) is 0 Å². The van der Waals surface area contributed by atoms with Gasteiger partial charge in [-0.1, -0.05) is 80.0 Å². The molecule has 0 aromatic heterocycles. The molecule has 37 heavy (non-hydrogen) atoms. The Hall–Kier alpha value is -4.22. The van der Waals surface area contributed by atoms with E-state index in [4.69, 9.17) is 16.3 Å². The number of anilines is 1. The number of hydrogen-bond donors (Lipinski definition) is 2. The molecule has 0 unspecified atom stereocenters. The molecule has 6 heteroatoms. The molecule has 0 saturated carbocycles. The van der Waals surface area contributed by atoms with Crippen LogP contribution in [0.2, 0.25) is 5.02 Å². The highest BCUT2D eigenvalue weighted by Gasteiger charge is 2.27. The van der Waals surface area contributed by atoms with E-state index in [2.05, 4.69) is 36.7 Å². The topological polar surface area (TPSA) is 53.6 Å². The summed E-state index contributed by atoms with van der Waals surface area (Å²) in [6, 6.07) is 32.8. The van der Waals surface area contributed by atoms with Crippen LogP contribution in [0.3, 0.4) is 0 Å². The van der Waals surface area contributed by atoms with Gasteiger partial charge in [-0.05, 0) is 71.1 Å². The highest BCUT2D eigenvalue weighted by Crippen LogP contribution is 2.31. The number of benzene rings is 4. The number of rotatable bonds is 6. The number of hydrazine groups is 1. The largest absolute Gasteiger partial charge is 0.457 e. The third kappa shape index (κ3) is 5.79. The van der Waals surface area contributed by atoms with Crippen molar-refractivity contribution in [3.63, 3.8) is 0 Å². The molecule has 1 aliphatic heterocycles. The first-order valence-electron chi connectivity index (χ1n) is 12.2. The van der Waals surface area contributed by atoms with Gasteiger partial charge >= 0.3 is 6.03 Å². The number of carbonyl (C=O) groups excluding carboxylic acids is 1. The Morgan fingerprint density at radius 1 is 0.838 bits per heavy atom. The fourth-order valence-corrected chi connectivity index (χ4v) is 4.31. The lowest BCUT2D eigenvalue weighted by atomic mass is 10.0. The van der Waals surface area contributed by atoms with Crippen molar-refractivity contribution in [2.75, 3.05) is 11.9 Å². The fourth-order valence-electron chi connectivity index (χ4n) is 4.19. The molecule has 4 aromatic rings. The quantitative estimate of drug-likeness (QED) is 0.275. The van der Waals surface area contributed by atoms with E-state index in [1.807, 2.05) is 91.0 Å². The van der Waals surface area contributed by atoms with E-state index < -0.39 is 0 Å². The molecule has 2 N–H and O–H groups in total. The Morgan fingerprint density at radius 3 is 2.08 bits per heavy atom. The number of halogens is 1. The molecular formula is C31H28ClN3O2. The molecule has 186 valence electrons. The van der Waals surface area contributed by atoms with Crippen molar-refractivity contribution < 1.29 is 9.53 Å². The zero-order valence-corrected chi connectivity index (χ0v) is 21.5. The summed E-state index contributed by atoms with van der Waals surface area (Å²) in [5.74, 6) is 1.95. The summed E-state index contributed by atoms with van der Waals surface area (Å²) >= 11 is 6.10. The van der Waals surface area contributed by atoms with Crippen LogP contribution in [0.4, 0.5) is 10.5 Å². The van der Waals surface area contributed by atoms with Crippen LogP contribution in [0.15, 0.2) is 103 Å². The molecule has 0 aliphatic carbocycles. The van der Waals surface area contributed by atoms with Crippen molar-refractivity contribution in [1.82, 2.24) is 10.4 Å². The summed E-state index contributed by atoms with van der Waals surface area (Å²) in [6.07, 6.45) is 0. The monoisotopic (exact) mass is 509 g/mol. The number of ether oxygens (including phenoxy) is 1. The van der Waals surface area contributed by atoms with Crippen LogP contribution in [0, 0.1) is 0 Å². The maximum Gasteiger partial charge on any atom is 0.340 e. The Bertz CT molecular complexity index is 1400. The summed E-state index contributed by atoms with van der Waals surface area (Å²) in [6.45, 7) is 4.75. The van der Waals surface area contributed by atoms with E-state index in [-0.39, 0.29) is 6.03 Å². The lowest BCUT2D eigenvalue weighted by molar-refractivity contribution is 0.210. The molecule has 5 nitrogen and oxygen atoms in total. The molecule has 0 bridgehead atoms. The lowest BCUT2D eigenvalue weighted by Crippen LogP contribution is -2.40. The smallest absolute Gasteiger partial charge is 0.340 e. The summed E-state index contributed by atoms with van der Waals surface area (Å²) in [5.41, 5.74) is 9.16. The van der Waals surface area contributed by atoms with Crippen LogP contribution in [0.5, 0.6) is 11.5 Å². The number of urea groups is 1. The van der Waals surface area contributed by atoms with Crippen LogP contribution in [-0.2, 0) is 0 Å². The summed E-state index contributed by atoms with van der Waals surface area (Å²) < 4.78 is 5.96. The predicted octanol–water partition coefficient (Wildman–Crippen LogP) is 8.18. The summed E-state index contributed by atoms with van der Waals surface area (Å²) in [5, 5.41) is 5.21. The van der Waals surface area contributed by atoms with Gasteiger partial charge < -0.3 is 10.1 Å². The maximum absolute atomic E-state index is 13.2. The second kappa shape index (κ2) is 10.8. The van der Waals surface area contributed by atoms with Gasteiger partial charge in [-0.2, -0.15) is 0 Å². The minimum Gasteiger partial charge on any atom is -0.457 e. The first-order chi connectivity index (χ1) is 18.0. The van der Waals surface area contributed by atoms with E-state index in [9.17, 15) is 4.79 Å². The Morgan fingerprint density at radius 2 is 1.46 bits per heavy atom. The highest BCUT2D eigenvalue weighted by atomic mass is 35.5. The third-order valence-electron chi connectivity index (χ3n) is 6.25. The van der Waals surface area contributed by atoms with E-state index >= 15 is 0 Å². The first-order valence-corrected chi connectivity index (χ1v) is 12.6. The molecular weight excluding hydrogens is 482 g/mol. The van der Waals surface area contributed by atoms with Gasteiger partial charge in [-0.15, -0.1) is 0 Å². The second-order valence-electron chi connectivity index (χ2n) is 9.20. The second-order valence-corrected chi connectivity index (χ2v) is 9.64. The van der Waals surface area contributed by atoms with Gasteiger partial charge in [0.1, 0.15) is 11.5 Å². The van der Waals surface area contributed by atoms with Crippen LogP contribution < -0.4 is 15.5 Å². The van der Waals surface area contributed by atoms with E-state index in [1.54, 1.807) is 5.01 Å². The minimum absolute atomic E-state index is 0.254. The first kappa shape index (κ1) is 24.5. The zero-order valence-electron chi connectivity index (χ0n) is 20.7. The Balaban J connectivity index is 1.27. The van der Waals surface area contributed by atoms with Gasteiger partial charge in [0, 0.05) is 16.3 Å². The molecule has 0 radical (unpaired) electrons. The van der Waals surface area contributed by atoms with Crippen molar-refractivity contribution in [2.45, 2.75) is 19.8 Å². The van der Waals surface area contributed by atoms with Gasteiger partial charge in [0.25, 0.3) is 0 Å². The van der Waals surface area contributed by atoms with Gasteiger partial charge in [-0.3, -0.25) is 5.43 Å². The average Bonchev–Trinajstić information content (AvgIpc) is 3.37. The molecule has 5 rings (SSSR count). The van der Waals surface area contributed by atoms with Gasteiger partial charge in [0.2, 0.25) is 0 Å². The molecule has 0 atom stereocenters. The molecule has 0 spiro atoms. The van der Waals surface area contributed by atoms with E-state index in [0.29, 0.717) is 28.9 Å². The van der Waals surface area contributed by atoms with Crippen molar-refractivity contribution in [2.24, 2.45) is 0 Å². The van der Waals surface area contributed by atoms with Crippen molar-refractivity contribution in [3.8, 4) is 11.5 Å². The third-order valence-corrected chi connectivity index (χ3v) is 6.51. The average molecular weight is 510 g/mol. The van der Waals surface area contributed by atoms with Gasteiger partial charge in [0.05, 0.1) is 12.2 Å². The molecule has 1 aliphatic rings. The van der Waals surface area contributed by atoms with Crippen molar-refractivity contribution >= 4 is 34.6 Å². The SMILES string of the molecule is CC(C)c1ccc(Oc2ccc(NC(=O)N3CC(c4ccccc4)=C(c4ccc(Cl)cc4)N3)cc2)cc1. The standard InChI is InChI=1S/C31H28ClN3O2/c1-21(2)22-10-16-27(17-11-22)37-28-18-14-26(15-19-28)33-31(36)35-20-29(23-6-4-3-5-7-23)30(34-35)24-8-12-25(32)13-9-24/h3-19,21,34H,20H2,1-2H3,(H,33,36). The maximum atomic E-state index is 13.2. The van der Waals surface area contributed by atoms with Crippen LogP contribution in [0.1, 0.15) is 36.5 Å². The Labute approximate surface area is 222 Å². The predicted molar refractivity (Wildman–Crippen MR) is 151 cm³/mol. The summed E-state index contributed by atoms with van der Waals surface area (Å²) in [4.78, 5) is 13.2. The molecule has 4 aromatic carbocycles. The van der Waals surface area contributed by atoms with Crippen LogP contribution in [0.25, 0.3) is 11.3 Å². The number of nitrogens with one attached hydrogen (secondary N) is 2. The Kier molecular flexibility index (Phi) is 7.15. The van der Waals surface area contributed by atoms with Crippen LogP contribution >= 0.6 is 11.6 Å². The number of nitrogens with zero attached hydrogens (tertiary/aromatic N) is 1.